The maximum atomic E-state index is 13.2. The van der Waals surface area contributed by atoms with Crippen LogP contribution in [0, 0.1) is 5.82 Å². The Morgan fingerprint density at radius 2 is 2.05 bits per heavy atom. The van der Waals surface area contributed by atoms with E-state index in [0.29, 0.717) is 20.8 Å². The van der Waals surface area contributed by atoms with Gasteiger partial charge in [-0.3, -0.25) is 4.79 Å². The summed E-state index contributed by atoms with van der Waals surface area (Å²) in [5.74, 6) is 0.0474. The van der Waals surface area contributed by atoms with Crippen LogP contribution in [0.4, 0.5) is 4.39 Å². The van der Waals surface area contributed by atoms with Gasteiger partial charge in [0, 0.05) is 20.8 Å². The van der Waals surface area contributed by atoms with E-state index in [1.807, 2.05) is 18.2 Å². The SMILES string of the molecule is O=C(CSc1cccc(Cl)c1)Cc1cc(F)cc(Br)c1. The normalized spacial score (nSPS) is 10.6. The molecule has 20 heavy (non-hydrogen) atoms. The molecule has 5 heteroatoms. The predicted molar refractivity (Wildman–Crippen MR) is 85.0 cm³/mol. The fraction of sp³-hybridized carbons (Fsp3) is 0.133. The molecule has 1 nitrogen and oxygen atoms in total. The van der Waals surface area contributed by atoms with Crippen LogP contribution in [-0.4, -0.2) is 11.5 Å². The van der Waals surface area contributed by atoms with Gasteiger partial charge in [-0.15, -0.1) is 11.8 Å². The van der Waals surface area contributed by atoms with Crippen molar-refractivity contribution in [3.05, 3.63) is 63.3 Å². The minimum atomic E-state index is -0.343. The molecule has 0 aromatic heterocycles. The molecule has 0 saturated heterocycles. The van der Waals surface area contributed by atoms with Crippen LogP contribution >= 0.6 is 39.3 Å². The van der Waals surface area contributed by atoms with Crippen LogP contribution < -0.4 is 0 Å². The van der Waals surface area contributed by atoms with Crippen molar-refractivity contribution >= 4 is 45.1 Å². The van der Waals surface area contributed by atoms with Gasteiger partial charge in [-0.25, -0.2) is 4.39 Å². The third kappa shape index (κ3) is 4.93. The average Bonchev–Trinajstić information content (AvgIpc) is 2.35. The molecule has 0 atom stereocenters. The van der Waals surface area contributed by atoms with Gasteiger partial charge in [0.05, 0.1) is 5.75 Å². The lowest BCUT2D eigenvalue weighted by Crippen LogP contribution is -2.06. The van der Waals surface area contributed by atoms with Crippen molar-refractivity contribution in [2.24, 2.45) is 0 Å². The van der Waals surface area contributed by atoms with Gasteiger partial charge in [0.25, 0.3) is 0 Å². The molecule has 2 rings (SSSR count). The molecule has 0 heterocycles. The fourth-order valence-corrected chi connectivity index (χ4v) is 3.29. The van der Waals surface area contributed by atoms with Crippen LogP contribution in [0.15, 0.2) is 51.8 Å². The molecule has 2 aromatic carbocycles. The Balaban J connectivity index is 1.92. The molecule has 0 N–H and O–H groups in total. The Labute approximate surface area is 134 Å². The van der Waals surface area contributed by atoms with Crippen LogP contribution in [0.1, 0.15) is 5.56 Å². The van der Waals surface area contributed by atoms with Crippen LogP contribution in [0.2, 0.25) is 5.02 Å². The molecule has 0 bridgehead atoms. The van der Waals surface area contributed by atoms with Gasteiger partial charge < -0.3 is 0 Å². The molecule has 0 radical (unpaired) electrons. The summed E-state index contributed by atoms with van der Waals surface area (Å²) >= 11 is 10.5. The third-order valence-electron chi connectivity index (χ3n) is 2.52. The van der Waals surface area contributed by atoms with E-state index in [1.165, 1.54) is 23.9 Å². The Kier molecular flexibility index (Phi) is 5.64. The summed E-state index contributed by atoms with van der Waals surface area (Å²) in [5.41, 5.74) is 0.675. The molecule has 0 aliphatic carbocycles. The van der Waals surface area contributed by atoms with E-state index in [2.05, 4.69) is 15.9 Å². The molecular formula is C15H11BrClFOS. The van der Waals surface area contributed by atoms with Gasteiger partial charge in [-0.05, 0) is 42.0 Å². The summed E-state index contributed by atoms with van der Waals surface area (Å²) in [6.45, 7) is 0. The van der Waals surface area contributed by atoms with Gasteiger partial charge in [-0.2, -0.15) is 0 Å². The summed E-state index contributed by atoms with van der Waals surface area (Å²) < 4.78 is 13.9. The van der Waals surface area contributed by atoms with Crippen LogP contribution in [0.25, 0.3) is 0 Å². The number of hydrogen-bond acceptors (Lipinski definition) is 2. The van der Waals surface area contributed by atoms with Gasteiger partial charge in [-0.1, -0.05) is 33.6 Å². The van der Waals surface area contributed by atoms with Crippen molar-refractivity contribution < 1.29 is 9.18 Å². The summed E-state index contributed by atoms with van der Waals surface area (Å²) in [4.78, 5) is 12.9. The number of ketones is 1. The minimum Gasteiger partial charge on any atom is -0.298 e. The van der Waals surface area contributed by atoms with E-state index in [-0.39, 0.29) is 18.0 Å². The fourth-order valence-electron chi connectivity index (χ4n) is 1.71. The van der Waals surface area contributed by atoms with E-state index < -0.39 is 0 Å². The number of thioether (sulfide) groups is 1. The maximum Gasteiger partial charge on any atom is 0.147 e. The molecular weight excluding hydrogens is 363 g/mol. The Bertz CT molecular complexity index is 613. The van der Waals surface area contributed by atoms with E-state index in [9.17, 15) is 9.18 Å². The molecule has 0 unspecified atom stereocenters. The van der Waals surface area contributed by atoms with Gasteiger partial charge in [0.15, 0.2) is 0 Å². The van der Waals surface area contributed by atoms with Crippen molar-refractivity contribution in [3.63, 3.8) is 0 Å². The first kappa shape index (κ1) is 15.5. The van der Waals surface area contributed by atoms with Crippen LogP contribution in [0.3, 0.4) is 0 Å². The number of hydrogen-bond donors (Lipinski definition) is 0. The number of halogens is 3. The Hall–Kier alpha value is -0.840. The average molecular weight is 374 g/mol. The second kappa shape index (κ2) is 7.25. The maximum absolute atomic E-state index is 13.2. The molecule has 0 aliphatic heterocycles. The molecule has 0 amide bonds. The standard InChI is InChI=1S/C15H11BrClFOS/c16-11-4-10(5-13(18)7-11)6-14(19)9-20-15-3-1-2-12(17)8-15/h1-5,7-8H,6,9H2. The number of rotatable bonds is 5. The summed E-state index contributed by atoms with van der Waals surface area (Å²) in [6, 6.07) is 11.9. The monoisotopic (exact) mass is 372 g/mol. The highest BCUT2D eigenvalue weighted by Crippen LogP contribution is 2.22. The Morgan fingerprint density at radius 3 is 2.75 bits per heavy atom. The van der Waals surface area contributed by atoms with E-state index in [4.69, 9.17) is 11.6 Å². The second-order valence-electron chi connectivity index (χ2n) is 4.24. The topological polar surface area (TPSA) is 17.1 Å². The lowest BCUT2D eigenvalue weighted by molar-refractivity contribution is -0.116. The molecule has 0 spiro atoms. The number of carbonyl (C=O) groups excluding carboxylic acids is 1. The Morgan fingerprint density at radius 1 is 1.25 bits per heavy atom. The zero-order valence-corrected chi connectivity index (χ0v) is 13.6. The van der Waals surface area contributed by atoms with E-state index >= 15 is 0 Å². The first-order valence-electron chi connectivity index (χ1n) is 5.88. The summed E-state index contributed by atoms with van der Waals surface area (Å²) in [6.07, 6.45) is 0.226. The second-order valence-corrected chi connectivity index (χ2v) is 6.64. The number of carbonyl (C=O) groups is 1. The zero-order valence-electron chi connectivity index (χ0n) is 10.4. The largest absolute Gasteiger partial charge is 0.298 e. The molecule has 0 aliphatic rings. The van der Waals surface area contributed by atoms with Crippen molar-refractivity contribution in [1.82, 2.24) is 0 Å². The van der Waals surface area contributed by atoms with Crippen LogP contribution in [0.5, 0.6) is 0 Å². The van der Waals surface area contributed by atoms with Gasteiger partial charge in [0.1, 0.15) is 11.6 Å². The first-order chi connectivity index (χ1) is 9.52. The lowest BCUT2D eigenvalue weighted by Gasteiger charge is -2.04. The first-order valence-corrected chi connectivity index (χ1v) is 8.03. The van der Waals surface area contributed by atoms with Crippen molar-refractivity contribution in [2.75, 3.05) is 5.75 Å². The predicted octanol–water partition coefficient (Wildman–Crippen LogP) is 5.15. The highest BCUT2D eigenvalue weighted by atomic mass is 79.9. The van der Waals surface area contributed by atoms with Crippen molar-refractivity contribution in [3.8, 4) is 0 Å². The number of benzene rings is 2. The smallest absolute Gasteiger partial charge is 0.147 e. The molecule has 2 aromatic rings. The minimum absolute atomic E-state index is 0.0486. The van der Waals surface area contributed by atoms with E-state index in [0.717, 1.165) is 4.90 Å². The number of Topliss-reactive ketones (excluding diaryl/α,β-unsaturated/α-hetero) is 1. The van der Waals surface area contributed by atoms with Crippen molar-refractivity contribution in [2.45, 2.75) is 11.3 Å². The van der Waals surface area contributed by atoms with Crippen LogP contribution in [-0.2, 0) is 11.2 Å². The summed E-state index contributed by atoms with van der Waals surface area (Å²) in [5, 5.41) is 0.650. The molecule has 104 valence electrons. The molecule has 0 fully saturated rings. The zero-order chi connectivity index (χ0) is 14.5. The van der Waals surface area contributed by atoms with Crippen molar-refractivity contribution in [1.29, 1.82) is 0 Å². The highest BCUT2D eigenvalue weighted by Gasteiger charge is 2.07. The quantitative estimate of drug-likeness (QED) is 0.675. The van der Waals surface area contributed by atoms with Gasteiger partial charge in [0.2, 0.25) is 0 Å². The lowest BCUT2D eigenvalue weighted by atomic mass is 10.1. The molecule has 0 saturated carbocycles. The highest BCUT2D eigenvalue weighted by molar-refractivity contribution is 9.10. The van der Waals surface area contributed by atoms with E-state index in [1.54, 1.807) is 12.1 Å². The third-order valence-corrected chi connectivity index (χ3v) is 4.27. The van der Waals surface area contributed by atoms with Gasteiger partial charge >= 0.3 is 0 Å². The summed E-state index contributed by atoms with van der Waals surface area (Å²) in [7, 11) is 0.